The molecular weight excluding hydrogens is 155 g/mol. The first kappa shape index (κ1) is 7.80. The predicted molar refractivity (Wildman–Crippen MR) is 41.6 cm³/mol. The molecule has 0 bridgehead atoms. The minimum Gasteiger partial charge on any atom is -0.326 e. The number of hydrogen-bond acceptors (Lipinski definition) is 3. The zero-order chi connectivity index (χ0) is 6.91. The van der Waals surface area contributed by atoms with E-state index in [1.54, 1.807) is 0 Å². The van der Waals surface area contributed by atoms with Gasteiger partial charge in [-0.3, -0.25) is 0 Å². The van der Waals surface area contributed by atoms with Crippen molar-refractivity contribution in [3.8, 4) is 0 Å². The van der Waals surface area contributed by atoms with Crippen molar-refractivity contribution in [1.29, 1.82) is 0 Å². The summed E-state index contributed by atoms with van der Waals surface area (Å²) in [6, 6.07) is 0. The largest absolute Gasteiger partial charge is 0.326 e. The molecule has 4 heteroatoms. The second-order valence-electron chi connectivity index (χ2n) is 2.95. The normalized spacial score (nSPS) is 28.3. The summed E-state index contributed by atoms with van der Waals surface area (Å²) in [6.45, 7) is 5.76. The quantitative estimate of drug-likeness (QED) is 0.439. The lowest BCUT2D eigenvalue weighted by molar-refractivity contribution is 0.0688. The molecule has 1 rings (SSSR count). The van der Waals surface area contributed by atoms with Crippen LogP contribution in [0.25, 0.3) is 0 Å². The van der Waals surface area contributed by atoms with Crippen LogP contribution in [0.3, 0.4) is 0 Å². The van der Waals surface area contributed by atoms with Gasteiger partial charge in [-0.2, -0.15) is 0 Å². The summed E-state index contributed by atoms with van der Waals surface area (Å²) < 4.78 is 10.4. The van der Waals surface area contributed by atoms with Crippen LogP contribution in [0.5, 0.6) is 0 Å². The van der Waals surface area contributed by atoms with Crippen LogP contribution in [0.2, 0.25) is 0 Å². The fourth-order valence-electron chi connectivity index (χ4n) is 0.539. The molecule has 0 aliphatic carbocycles. The average molecular weight is 166 g/mol. The van der Waals surface area contributed by atoms with Crippen LogP contribution < -0.4 is 0 Å². The van der Waals surface area contributed by atoms with Crippen molar-refractivity contribution in [3.05, 3.63) is 0 Å². The second kappa shape index (κ2) is 2.75. The third kappa shape index (κ3) is 2.42. The molecule has 0 aromatic rings. The molecular formula is C5H11O2PS. The Labute approximate surface area is 62.0 Å². The molecule has 1 aliphatic heterocycles. The Morgan fingerprint density at radius 3 is 2.11 bits per heavy atom. The Balaban J connectivity index is 2.35. The van der Waals surface area contributed by atoms with Crippen LogP contribution in [0.1, 0.15) is 13.8 Å². The summed E-state index contributed by atoms with van der Waals surface area (Å²) in [5, 5.41) is 0. The van der Waals surface area contributed by atoms with E-state index in [0.29, 0.717) is 0 Å². The minimum absolute atomic E-state index is 0.182. The third-order valence-corrected chi connectivity index (χ3v) is 2.52. The summed E-state index contributed by atoms with van der Waals surface area (Å²) in [4.78, 5) is 0. The van der Waals surface area contributed by atoms with Gasteiger partial charge in [0.05, 0.1) is 13.2 Å². The van der Waals surface area contributed by atoms with Gasteiger partial charge >= 0.3 is 0 Å². The Kier molecular flexibility index (Phi) is 2.38. The SMILES string of the molecule is CC1(C)COP(S)OC1. The number of rotatable bonds is 0. The van der Waals surface area contributed by atoms with Crippen molar-refractivity contribution in [2.75, 3.05) is 13.2 Å². The average Bonchev–Trinajstić information content (AvgIpc) is 1.78. The second-order valence-corrected chi connectivity index (χ2v) is 4.92. The van der Waals surface area contributed by atoms with Crippen molar-refractivity contribution >= 4 is 19.8 Å². The molecule has 54 valence electrons. The van der Waals surface area contributed by atoms with Gasteiger partial charge in [0.1, 0.15) is 0 Å². The van der Waals surface area contributed by atoms with E-state index in [1.165, 1.54) is 0 Å². The van der Waals surface area contributed by atoms with E-state index in [0.717, 1.165) is 13.2 Å². The molecule has 0 N–H and O–H groups in total. The monoisotopic (exact) mass is 166 g/mol. The first-order valence-electron chi connectivity index (χ1n) is 2.85. The van der Waals surface area contributed by atoms with Gasteiger partial charge in [-0.15, -0.1) is 0 Å². The van der Waals surface area contributed by atoms with E-state index in [2.05, 4.69) is 26.1 Å². The molecule has 0 amide bonds. The maximum Gasteiger partial charge on any atom is 0.234 e. The van der Waals surface area contributed by atoms with Gasteiger partial charge in [0.15, 0.2) is 0 Å². The highest BCUT2D eigenvalue weighted by molar-refractivity contribution is 8.41. The van der Waals surface area contributed by atoms with Crippen molar-refractivity contribution < 1.29 is 9.05 Å². The first-order valence-corrected chi connectivity index (χ1v) is 5.18. The van der Waals surface area contributed by atoms with E-state index < -0.39 is 7.58 Å². The lowest BCUT2D eigenvalue weighted by Crippen LogP contribution is -2.27. The Morgan fingerprint density at radius 2 is 1.78 bits per heavy atom. The van der Waals surface area contributed by atoms with Crippen molar-refractivity contribution in [3.63, 3.8) is 0 Å². The zero-order valence-corrected chi connectivity index (χ0v) is 7.41. The van der Waals surface area contributed by atoms with Gasteiger partial charge in [-0.05, 0) is 0 Å². The van der Waals surface area contributed by atoms with Crippen LogP contribution in [-0.4, -0.2) is 13.2 Å². The zero-order valence-electron chi connectivity index (χ0n) is 5.63. The van der Waals surface area contributed by atoms with Crippen LogP contribution >= 0.6 is 19.8 Å². The Bertz CT molecular complexity index is 97.1. The van der Waals surface area contributed by atoms with E-state index in [9.17, 15) is 0 Å². The number of hydrogen-bond donors (Lipinski definition) is 1. The molecule has 1 saturated heterocycles. The lowest BCUT2D eigenvalue weighted by atomic mass is 9.97. The Morgan fingerprint density at radius 1 is 1.33 bits per heavy atom. The van der Waals surface area contributed by atoms with Gasteiger partial charge in [0.2, 0.25) is 7.58 Å². The fourth-order valence-corrected chi connectivity index (χ4v) is 1.88. The van der Waals surface area contributed by atoms with Crippen molar-refractivity contribution in [2.45, 2.75) is 13.8 Å². The van der Waals surface area contributed by atoms with Gasteiger partial charge in [0.25, 0.3) is 0 Å². The van der Waals surface area contributed by atoms with Gasteiger partial charge in [0, 0.05) is 5.41 Å². The fraction of sp³-hybridized carbons (Fsp3) is 1.00. The minimum atomic E-state index is -0.856. The molecule has 0 unspecified atom stereocenters. The van der Waals surface area contributed by atoms with E-state index in [-0.39, 0.29) is 5.41 Å². The summed E-state index contributed by atoms with van der Waals surface area (Å²) in [6.07, 6.45) is 0. The van der Waals surface area contributed by atoms with Crippen molar-refractivity contribution in [1.82, 2.24) is 0 Å². The molecule has 0 radical (unpaired) electrons. The molecule has 0 atom stereocenters. The van der Waals surface area contributed by atoms with Crippen LogP contribution in [-0.2, 0) is 9.05 Å². The molecule has 0 saturated carbocycles. The molecule has 0 aromatic carbocycles. The Hall–Kier alpha value is 0.700. The maximum absolute atomic E-state index is 5.20. The summed E-state index contributed by atoms with van der Waals surface area (Å²) in [5.41, 5.74) is 0.182. The lowest BCUT2D eigenvalue weighted by Gasteiger charge is -2.31. The standard InChI is InChI=1S/C5H11O2PS/c1-5(2)3-6-8(9)7-4-5/h9H,3-4H2,1-2H3. The van der Waals surface area contributed by atoms with E-state index >= 15 is 0 Å². The van der Waals surface area contributed by atoms with Gasteiger partial charge < -0.3 is 9.05 Å². The third-order valence-electron chi connectivity index (χ3n) is 1.13. The molecule has 0 aromatic heterocycles. The molecule has 0 spiro atoms. The van der Waals surface area contributed by atoms with E-state index in [1.807, 2.05) is 0 Å². The van der Waals surface area contributed by atoms with Gasteiger partial charge in [-0.1, -0.05) is 26.1 Å². The van der Waals surface area contributed by atoms with Crippen molar-refractivity contribution in [2.24, 2.45) is 5.41 Å². The first-order chi connectivity index (χ1) is 4.10. The summed E-state index contributed by atoms with van der Waals surface area (Å²) in [7, 11) is -0.856. The number of thiol groups is 1. The molecule has 1 fully saturated rings. The highest BCUT2D eigenvalue weighted by Crippen LogP contribution is 2.49. The van der Waals surface area contributed by atoms with Crippen LogP contribution in [0, 0.1) is 5.41 Å². The predicted octanol–water partition coefficient (Wildman–Crippen LogP) is 2.22. The molecule has 9 heavy (non-hydrogen) atoms. The van der Waals surface area contributed by atoms with Crippen LogP contribution in [0.4, 0.5) is 0 Å². The topological polar surface area (TPSA) is 18.5 Å². The smallest absolute Gasteiger partial charge is 0.234 e. The molecule has 1 aliphatic rings. The maximum atomic E-state index is 5.20. The van der Waals surface area contributed by atoms with Gasteiger partial charge in [-0.25, -0.2) is 0 Å². The summed E-state index contributed by atoms with van der Waals surface area (Å²) in [5.74, 6) is 0. The van der Waals surface area contributed by atoms with Crippen LogP contribution in [0.15, 0.2) is 0 Å². The molecule has 1 heterocycles. The highest BCUT2D eigenvalue weighted by Gasteiger charge is 2.26. The molecule has 2 nitrogen and oxygen atoms in total. The van der Waals surface area contributed by atoms with E-state index in [4.69, 9.17) is 9.05 Å². The highest BCUT2D eigenvalue weighted by atomic mass is 32.7. The summed E-state index contributed by atoms with van der Waals surface area (Å²) >= 11 is 4.06.